The number of ether oxygens (including phenoxy) is 2. The first-order chi connectivity index (χ1) is 9.35. The monoisotopic (exact) mass is 278 g/mol. The van der Waals surface area contributed by atoms with Crippen LogP contribution in [0.5, 0.6) is 11.1 Å². The van der Waals surface area contributed by atoms with Crippen LogP contribution in [0.3, 0.4) is 0 Å². The Hall–Kier alpha value is -1.36. The Morgan fingerprint density at radius 3 is 2.89 bits per heavy atom. The summed E-state index contributed by atoms with van der Waals surface area (Å²) in [6.07, 6.45) is 4.90. The van der Waals surface area contributed by atoms with Gasteiger partial charge in [-0.1, -0.05) is 24.7 Å². The van der Waals surface area contributed by atoms with E-state index in [1.165, 1.54) is 30.6 Å². The average Bonchev–Trinajstić information content (AvgIpc) is 2.76. The predicted molar refractivity (Wildman–Crippen MR) is 76.0 cm³/mol. The molecule has 0 unspecified atom stereocenters. The van der Waals surface area contributed by atoms with Crippen molar-refractivity contribution in [2.45, 2.75) is 32.6 Å². The molecule has 0 aliphatic heterocycles. The Morgan fingerprint density at radius 1 is 1.26 bits per heavy atom. The van der Waals surface area contributed by atoms with Crippen LogP contribution >= 0.6 is 11.3 Å². The van der Waals surface area contributed by atoms with Gasteiger partial charge in [0.2, 0.25) is 5.88 Å². The van der Waals surface area contributed by atoms with E-state index < -0.39 is 0 Å². The van der Waals surface area contributed by atoms with Gasteiger partial charge in [-0.3, -0.25) is 0 Å². The highest BCUT2D eigenvalue weighted by atomic mass is 32.1. The van der Waals surface area contributed by atoms with Crippen LogP contribution in [0.15, 0.2) is 12.1 Å². The van der Waals surface area contributed by atoms with Gasteiger partial charge in [0.15, 0.2) is 4.83 Å². The van der Waals surface area contributed by atoms with Crippen LogP contribution in [0.1, 0.15) is 32.6 Å². The third kappa shape index (κ3) is 2.97. The van der Waals surface area contributed by atoms with E-state index in [0.29, 0.717) is 17.7 Å². The first-order valence-corrected chi connectivity index (χ1v) is 7.70. The molecule has 19 heavy (non-hydrogen) atoms. The zero-order valence-corrected chi connectivity index (χ0v) is 11.9. The van der Waals surface area contributed by atoms with E-state index in [2.05, 4.69) is 16.9 Å². The van der Waals surface area contributed by atoms with E-state index >= 15 is 0 Å². The quantitative estimate of drug-likeness (QED) is 0.809. The molecule has 2 heterocycles. The molecule has 0 aromatic carbocycles. The summed E-state index contributed by atoms with van der Waals surface area (Å²) in [5.74, 6) is 1.42. The van der Waals surface area contributed by atoms with Gasteiger partial charge in [-0.2, -0.15) is 0 Å². The topological polar surface area (TPSA) is 44.2 Å². The lowest BCUT2D eigenvalue weighted by molar-refractivity contribution is 0.176. The van der Waals surface area contributed by atoms with Crippen molar-refractivity contribution in [1.29, 1.82) is 0 Å². The van der Waals surface area contributed by atoms with Gasteiger partial charge in [0.1, 0.15) is 5.52 Å². The summed E-state index contributed by atoms with van der Waals surface area (Å²) in [5.41, 5.74) is 0.882. The normalized spacial score (nSPS) is 15.4. The van der Waals surface area contributed by atoms with Crippen molar-refractivity contribution in [3.05, 3.63) is 12.1 Å². The van der Waals surface area contributed by atoms with Crippen LogP contribution in [0.25, 0.3) is 10.3 Å². The molecular formula is C14H18N2O2S. The van der Waals surface area contributed by atoms with Gasteiger partial charge >= 0.3 is 0 Å². The highest BCUT2D eigenvalue weighted by Crippen LogP contribution is 2.29. The summed E-state index contributed by atoms with van der Waals surface area (Å²) in [7, 11) is 0. The van der Waals surface area contributed by atoms with E-state index in [0.717, 1.165) is 29.3 Å². The summed E-state index contributed by atoms with van der Waals surface area (Å²) >= 11 is 1.48. The molecule has 0 N–H and O–H groups in total. The van der Waals surface area contributed by atoms with Crippen LogP contribution in [0.2, 0.25) is 0 Å². The van der Waals surface area contributed by atoms with Crippen LogP contribution in [-0.4, -0.2) is 23.2 Å². The molecule has 0 amide bonds. The molecular weight excluding hydrogens is 260 g/mol. The van der Waals surface area contributed by atoms with Gasteiger partial charge in [0.05, 0.1) is 13.2 Å². The summed E-state index contributed by atoms with van der Waals surface area (Å²) in [6, 6.07) is 3.85. The number of nitrogens with zero attached hydrogens (tertiary/aromatic N) is 2. The van der Waals surface area contributed by atoms with Crippen molar-refractivity contribution < 1.29 is 9.47 Å². The minimum Gasteiger partial charge on any atom is -0.477 e. The summed E-state index contributed by atoms with van der Waals surface area (Å²) in [5, 5.41) is 0.695. The molecule has 5 heteroatoms. The van der Waals surface area contributed by atoms with Crippen LogP contribution in [-0.2, 0) is 0 Å². The van der Waals surface area contributed by atoms with Crippen molar-refractivity contribution in [3.8, 4) is 11.1 Å². The van der Waals surface area contributed by atoms with Crippen molar-refractivity contribution in [2.75, 3.05) is 13.2 Å². The number of rotatable bonds is 6. The zero-order valence-electron chi connectivity index (χ0n) is 11.1. The Balaban J connectivity index is 1.68. The van der Waals surface area contributed by atoms with Gasteiger partial charge in [-0.15, -0.1) is 0 Å². The van der Waals surface area contributed by atoms with E-state index in [4.69, 9.17) is 9.47 Å². The van der Waals surface area contributed by atoms with Gasteiger partial charge in [-0.05, 0) is 31.2 Å². The minimum atomic E-state index is 0.695. The van der Waals surface area contributed by atoms with Crippen molar-refractivity contribution in [2.24, 2.45) is 5.92 Å². The summed E-state index contributed by atoms with van der Waals surface area (Å²) in [6.45, 7) is 3.57. The molecule has 2 aromatic heterocycles. The summed E-state index contributed by atoms with van der Waals surface area (Å²) in [4.78, 5) is 9.77. The Morgan fingerprint density at radius 2 is 2.16 bits per heavy atom. The van der Waals surface area contributed by atoms with E-state index in [9.17, 15) is 0 Å². The Kier molecular flexibility index (Phi) is 3.82. The molecule has 0 saturated heterocycles. The lowest BCUT2D eigenvalue weighted by Gasteiger charge is -2.24. The molecule has 102 valence electrons. The van der Waals surface area contributed by atoms with Crippen molar-refractivity contribution in [1.82, 2.24) is 9.97 Å². The molecule has 3 rings (SSSR count). The smallest absolute Gasteiger partial charge is 0.275 e. The molecule has 2 aromatic rings. The second kappa shape index (κ2) is 5.74. The van der Waals surface area contributed by atoms with Crippen LogP contribution < -0.4 is 9.47 Å². The van der Waals surface area contributed by atoms with Crippen molar-refractivity contribution >= 4 is 21.7 Å². The lowest BCUT2D eigenvalue weighted by Crippen LogP contribution is -2.19. The Bertz CT molecular complexity index is 551. The maximum Gasteiger partial charge on any atom is 0.275 e. The number of pyridine rings is 1. The van der Waals surface area contributed by atoms with Crippen LogP contribution in [0.4, 0.5) is 0 Å². The number of fused-ring (bicyclic) bond motifs is 1. The first-order valence-electron chi connectivity index (χ1n) is 6.88. The highest BCUT2D eigenvalue weighted by molar-refractivity contribution is 7.19. The van der Waals surface area contributed by atoms with Gasteiger partial charge in [0.25, 0.3) is 5.19 Å². The van der Waals surface area contributed by atoms with Gasteiger partial charge in [-0.25, -0.2) is 9.97 Å². The standard InChI is InChI=1S/C14H18N2O2S/c1-2-8-17-14-15-11-6-7-12(16-13(11)19-14)18-9-10-4-3-5-10/h6-7,10H,2-5,8-9H2,1H3. The molecule has 0 spiro atoms. The fraction of sp³-hybridized carbons (Fsp3) is 0.571. The second-order valence-corrected chi connectivity index (χ2v) is 5.85. The zero-order chi connectivity index (χ0) is 13.1. The summed E-state index contributed by atoms with van der Waals surface area (Å²) < 4.78 is 11.3. The van der Waals surface area contributed by atoms with Crippen molar-refractivity contribution in [3.63, 3.8) is 0 Å². The van der Waals surface area contributed by atoms with Crippen LogP contribution in [0, 0.1) is 5.92 Å². The maximum atomic E-state index is 5.74. The minimum absolute atomic E-state index is 0.695. The van der Waals surface area contributed by atoms with Gasteiger partial charge in [0, 0.05) is 6.07 Å². The molecule has 0 atom stereocenters. The van der Waals surface area contributed by atoms with E-state index in [1.54, 1.807) is 0 Å². The van der Waals surface area contributed by atoms with E-state index in [-0.39, 0.29) is 0 Å². The fourth-order valence-corrected chi connectivity index (χ4v) is 2.78. The molecule has 0 radical (unpaired) electrons. The SMILES string of the molecule is CCCOc1nc2ccc(OCC3CCC3)nc2s1. The molecule has 4 nitrogen and oxygen atoms in total. The third-order valence-corrected chi connectivity index (χ3v) is 4.21. The second-order valence-electron chi connectivity index (χ2n) is 4.91. The lowest BCUT2D eigenvalue weighted by atomic mass is 9.86. The largest absolute Gasteiger partial charge is 0.477 e. The molecule has 1 aliphatic carbocycles. The first kappa shape index (κ1) is 12.7. The average molecular weight is 278 g/mol. The van der Waals surface area contributed by atoms with Gasteiger partial charge < -0.3 is 9.47 Å². The number of aromatic nitrogens is 2. The number of hydrogen-bond acceptors (Lipinski definition) is 5. The molecule has 1 fully saturated rings. The third-order valence-electron chi connectivity index (χ3n) is 3.33. The highest BCUT2D eigenvalue weighted by Gasteiger charge is 2.18. The Labute approximate surface area is 116 Å². The number of thiazole rings is 1. The predicted octanol–water partition coefficient (Wildman–Crippen LogP) is 3.66. The maximum absolute atomic E-state index is 5.74. The van der Waals surface area contributed by atoms with E-state index in [1.807, 2.05) is 12.1 Å². The number of hydrogen-bond donors (Lipinski definition) is 0. The molecule has 1 saturated carbocycles. The molecule has 0 bridgehead atoms. The fourth-order valence-electron chi connectivity index (χ4n) is 1.97. The molecule has 1 aliphatic rings.